The van der Waals surface area contributed by atoms with Gasteiger partial charge in [-0.25, -0.2) is 0 Å². The SMILES string of the molecule is O=[N+]([O-])c1ccccc1F.O=[N+]([O-])c1ccccc1N1CCN(P)CC1.PN1CCNCC1. The van der Waals surface area contributed by atoms with Gasteiger partial charge in [0, 0.05) is 64.5 Å². The average molecular weight is 498 g/mol. The highest BCUT2D eigenvalue weighted by molar-refractivity contribution is 7.13. The molecule has 2 unspecified atom stereocenters. The van der Waals surface area contributed by atoms with Gasteiger partial charge in [-0.2, -0.15) is 4.39 Å². The first-order valence-electron chi connectivity index (χ1n) is 10.4. The molecule has 0 aromatic heterocycles. The Hall–Kier alpha value is -2.29. The van der Waals surface area contributed by atoms with Crippen molar-refractivity contribution in [3.05, 3.63) is 74.6 Å². The van der Waals surface area contributed by atoms with Crippen molar-refractivity contribution >= 4 is 35.8 Å². The molecule has 10 nitrogen and oxygen atoms in total. The molecule has 2 aliphatic heterocycles. The Morgan fingerprint density at radius 3 is 1.70 bits per heavy atom. The molecule has 4 rings (SSSR count). The molecule has 2 aliphatic rings. The van der Waals surface area contributed by atoms with Crippen molar-refractivity contribution in [2.45, 2.75) is 0 Å². The third-order valence-corrected chi connectivity index (χ3v) is 5.97. The van der Waals surface area contributed by atoms with E-state index in [-0.39, 0.29) is 10.6 Å². The highest BCUT2D eigenvalue weighted by atomic mass is 31.0. The van der Waals surface area contributed by atoms with Crippen molar-refractivity contribution in [2.24, 2.45) is 0 Å². The Labute approximate surface area is 196 Å². The largest absolute Gasteiger partial charge is 0.363 e. The molecule has 2 atom stereocenters. The van der Waals surface area contributed by atoms with Crippen LogP contribution in [0.4, 0.5) is 21.5 Å². The molecule has 0 aliphatic carbocycles. The average Bonchev–Trinajstić information content (AvgIpc) is 2.81. The van der Waals surface area contributed by atoms with Crippen molar-refractivity contribution in [1.82, 2.24) is 14.7 Å². The van der Waals surface area contributed by atoms with Crippen LogP contribution in [0.25, 0.3) is 0 Å². The fraction of sp³-hybridized carbons (Fsp3) is 0.400. The molecule has 2 saturated heterocycles. The third kappa shape index (κ3) is 9.23. The van der Waals surface area contributed by atoms with Crippen molar-refractivity contribution < 1.29 is 14.2 Å². The molecule has 2 aromatic rings. The van der Waals surface area contributed by atoms with Gasteiger partial charge in [-0.3, -0.25) is 29.6 Å². The van der Waals surface area contributed by atoms with Gasteiger partial charge < -0.3 is 10.2 Å². The Balaban J connectivity index is 0.000000193. The van der Waals surface area contributed by atoms with Gasteiger partial charge in [-0.15, -0.1) is 0 Å². The van der Waals surface area contributed by atoms with E-state index < -0.39 is 16.4 Å². The summed E-state index contributed by atoms with van der Waals surface area (Å²) >= 11 is 0. The predicted molar refractivity (Wildman–Crippen MR) is 134 cm³/mol. The lowest BCUT2D eigenvalue weighted by molar-refractivity contribution is -0.387. The fourth-order valence-corrected chi connectivity index (χ4v) is 3.62. The number of hydrogen-bond acceptors (Lipinski definition) is 8. The number of hydrogen-bond donors (Lipinski definition) is 1. The molecule has 0 radical (unpaired) electrons. The number of nitrogens with one attached hydrogen (secondary N) is 1. The van der Waals surface area contributed by atoms with Crippen LogP contribution in [-0.4, -0.2) is 71.5 Å². The van der Waals surface area contributed by atoms with Crippen LogP contribution in [0.1, 0.15) is 0 Å². The second-order valence-corrected chi connectivity index (χ2v) is 8.72. The second kappa shape index (κ2) is 14.1. The minimum atomic E-state index is -0.799. The van der Waals surface area contributed by atoms with Crippen molar-refractivity contribution in [2.75, 3.05) is 57.3 Å². The lowest BCUT2D eigenvalue weighted by Gasteiger charge is -2.33. The van der Waals surface area contributed by atoms with E-state index >= 15 is 0 Å². The quantitative estimate of drug-likeness (QED) is 0.391. The topological polar surface area (TPSA) is 108 Å². The Morgan fingerprint density at radius 1 is 0.758 bits per heavy atom. The molecule has 0 spiro atoms. The maximum absolute atomic E-state index is 12.4. The Morgan fingerprint density at radius 2 is 1.24 bits per heavy atom. The van der Waals surface area contributed by atoms with Crippen LogP contribution in [0, 0.1) is 26.0 Å². The first-order valence-corrected chi connectivity index (χ1v) is 11.4. The second-order valence-electron chi connectivity index (χ2n) is 7.26. The zero-order valence-corrected chi connectivity index (χ0v) is 20.5. The Kier molecular flexibility index (Phi) is 11.5. The molecule has 13 heteroatoms. The molecular weight excluding hydrogens is 469 g/mol. The summed E-state index contributed by atoms with van der Waals surface area (Å²) in [6.07, 6.45) is 0. The van der Waals surface area contributed by atoms with E-state index in [4.69, 9.17) is 0 Å². The number of nitro groups is 2. The van der Waals surface area contributed by atoms with E-state index in [1.54, 1.807) is 12.1 Å². The normalized spacial score (nSPS) is 16.6. The van der Waals surface area contributed by atoms with Crippen LogP contribution in [0.2, 0.25) is 0 Å². The number of para-hydroxylation sites is 3. The number of nitrogens with zero attached hydrogens (tertiary/aromatic N) is 5. The van der Waals surface area contributed by atoms with Crippen LogP contribution in [0.5, 0.6) is 0 Å². The molecule has 0 amide bonds. The predicted octanol–water partition coefficient (Wildman–Crippen LogP) is 2.92. The minimum Gasteiger partial charge on any atom is -0.363 e. The maximum Gasteiger partial charge on any atom is 0.304 e. The van der Waals surface area contributed by atoms with Crippen LogP contribution in [0.15, 0.2) is 48.5 Å². The van der Waals surface area contributed by atoms with Gasteiger partial charge in [0.15, 0.2) is 0 Å². The number of halogens is 1. The minimum absolute atomic E-state index is 0.194. The fourth-order valence-electron chi connectivity index (χ4n) is 3.13. The number of anilines is 1. The zero-order valence-electron chi connectivity index (χ0n) is 18.2. The number of benzene rings is 2. The number of piperazine rings is 2. The van der Waals surface area contributed by atoms with Gasteiger partial charge in [-0.1, -0.05) is 43.0 Å². The number of nitro benzene ring substituents is 2. The summed E-state index contributed by atoms with van der Waals surface area (Å²) in [7, 11) is 5.36. The summed E-state index contributed by atoms with van der Waals surface area (Å²) in [5.74, 6) is -0.799. The van der Waals surface area contributed by atoms with E-state index in [0.717, 1.165) is 57.1 Å². The van der Waals surface area contributed by atoms with Crippen LogP contribution < -0.4 is 10.2 Å². The highest BCUT2D eigenvalue weighted by Gasteiger charge is 2.21. The number of rotatable bonds is 3. The van der Waals surface area contributed by atoms with Gasteiger partial charge in [0.2, 0.25) is 5.82 Å². The monoisotopic (exact) mass is 498 g/mol. The molecular formula is C20H29FN6O4P2. The molecule has 0 bridgehead atoms. The maximum atomic E-state index is 12.4. The van der Waals surface area contributed by atoms with E-state index in [0.29, 0.717) is 0 Å². The summed E-state index contributed by atoms with van der Waals surface area (Å²) < 4.78 is 16.8. The van der Waals surface area contributed by atoms with Gasteiger partial charge >= 0.3 is 5.69 Å². The molecule has 2 aromatic carbocycles. The molecule has 2 heterocycles. The first kappa shape index (κ1) is 27.0. The van der Waals surface area contributed by atoms with Crippen molar-refractivity contribution in [3.63, 3.8) is 0 Å². The molecule has 0 saturated carbocycles. The first-order chi connectivity index (χ1) is 15.8. The highest BCUT2D eigenvalue weighted by Crippen LogP contribution is 2.28. The summed E-state index contributed by atoms with van der Waals surface area (Å²) in [6.45, 7) is 8.11. The van der Waals surface area contributed by atoms with Gasteiger partial charge in [0.1, 0.15) is 5.69 Å². The van der Waals surface area contributed by atoms with E-state index in [1.807, 2.05) is 12.1 Å². The van der Waals surface area contributed by atoms with Gasteiger partial charge in [-0.05, 0) is 12.1 Å². The molecule has 180 valence electrons. The summed E-state index contributed by atoms with van der Waals surface area (Å²) in [4.78, 5) is 21.9. The van der Waals surface area contributed by atoms with Crippen molar-refractivity contribution in [3.8, 4) is 0 Å². The van der Waals surface area contributed by atoms with E-state index in [9.17, 15) is 24.6 Å². The summed E-state index contributed by atoms with van der Waals surface area (Å²) in [5, 5.41) is 24.1. The standard InChI is InChI=1S/C10H14N3O2P.C6H4FNO2.C4H11N2P/c14-13(15)10-4-2-1-3-9(10)11-5-7-12(16)8-6-11;7-5-3-1-2-4-6(5)8(9)10;7-6-3-1-5-2-4-6/h1-4H,5-8,16H2;1-4H;5H,1-4,7H2. The zero-order chi connectivity index (χ0) is 24.2. The van der Waals surface area contributed by atoms with Crippen LogP contribution >= 0.6 is 18.8 Å². The molecule has 2 fully saturated rings. The van der Waals surface area contributed by atoms with Crippen LogP contribution in [-0.2, 0) is 0 Å². The lowest BCUT2D eigenvalue weighted by Crippen LogP contribution is -2.42. The van der Waals surface area contributed by atoms with Gasteiger partial charge in [0.05, 0.1) is 9.85 Å². The van der Waals surface area contributed by atoms with Gasteiger partial charge in [0.25, 0.3) is 5.69 Å². The van der Waals surface area contributed by atoms with E-state index in [1.165, 1.54) is 25.2 Å². The van der Waals surface area contributed by atoms with Crippen molar-refractivity contribution in [1.29, 1.82) is 0 Å². The Bertz CT molecular complexity index is 912. The molecule has 33 heavy (non-hydrogen) atoms. The summed E-state index contributed by atoms with van der Waals surface area (Å²) in [6, 6.07) is 11.9. The third-order valence-electron chi connectivity index (χ3n) is 4.93. The van der Waals surface area contributed by atoms with E-state index in [2.05, 4.69) is 38.3 Å². The molecule has 1 N–H and O–H groups in total. The van der Waals surface area contributed by atoms with Crippen LogP contribution in [0.3, 0.4) is 0 Å². The lowest BCUT2D eigenvalue weighted by atomic mass is 10.2. The smallest absolute Gasteiger partial charge is 0.304 e. The summed E-state index contributed by atoms with van der Waals surface area (Å²) in [5.41, 5.74) is 0.438.